The lowest BCUT2D eigenvalue weighted by atomic mass is 10.2. The molecule has 1 fully saturated rings. The molecule has 0 N–H and O–H groups in total. The lowest BCUT2D eigenvalue weighted by molar-refractivity contribution is 0.795. The molecule has 1 heteroatoms. The summed E-state index contributed by atoms with van der Waals surface area (Å²) >= 11 is 2.04. The van der Waals surface area contributed by atoms with E-state index >= 15 is 0 Å². The maximum atomic E-state index is 3.79. The van der Waals surface area contributed by atoms with E-state index in [1.54, 1.807) is 0 Å². The Hall–Kier alpha value is 0.350. The van der Waals surface area contributed by atoms with Crippen molar-refractivity contribution in [3.63, 3.8) is 0 Å². The fourth-order valence-electron chi connectivity index (χ4n) is 0.512. The van der Waals surface area contributed by atoms with Crippen LogP contribution in [0.2, 0.25) is 0 Å². The van der Waals surface area contributed by atoms with Crippen molar-refractivity contribution in [3.8, 4) is 0 Å². The predicted octanol–water partition coefficient (Wildman–Crippen LogP) is 1.72. The Balaban J connectivity index is 2.01. The Labute approximate surface area is 43.3 Å². The zero-order chi connectivity index (χ0) is 4.41. The Morgan fingerprint density at radius 3 is 2.50 bits per heavy atom. The van der Waals surface area contributed by atoms with Gasteiger partial charge in [0.1, 0.15) is 0 Å². The lowest BCUT2D eigenvalue weighted by Crippen LogP contribution is -2.13. The van der Waals surface area contributed by atoms with E-state index in [2.05, 4.69) is 6.92 Å². The van der Waals surface area contributed by atoms with Crippen LogP contribution in [-0.4, -0.2) is 11.0 Å². The Morgan fingerprint density at radius 1 is 1.83 bits per heavy atom. The molecule has 1 heterocycles. The van der Waals surface area contributed by atoms with Gasteiger partial charge in [-0.05, 0) is 18.6 Å². The van der Waals surface area contributed by atoms with Crippen LogP contribution < -0.4 is 0 Å². The van der Waals surface area contributed by atoms with E-state index in [1.807, 2.05) is 11.8 Å². The van der Waals surface area contributed by atoms with E-state index < -0.39 is 0 Å². The highest BCUT2D eigenvalue weighted by Gasteiger charge is 2.14. The van der Waals surface area contributed by atoms with Crippen molar-refractivity contribution in [1.29, 1.82) is 0 Å². The Morgan fingerprint density at radius 2 is 2.50 bits per heavy atom. The average Bonchev–Trinajstić information content (AvgIpc) is 1.31. The Bertz CT molecular complexity index is 36.4. The second kappa shape index (κ2) is 1.87. The van der Waals surface area contributed by atoms with Gasteiger partial charge in [-0.25, -0.2) is 0 Å². The van der Waals surface area contributed by atoms with Gasteiger partial charge in [-0.15, -0.1) is 0 Å². The van der Waals surface area contributed by atoms with Crippen molar-refractivity contribution >= 4 is 11.8 Å². The van der Waals surface area contributed by atoms with Gasteiger partial charge in [-0.1, -0.05) is 6.92 Å². The largest absolute Gasteiger partial charge is 0.159 e. The van der Waals surface area contributed by atoms with E-state index in [1.165, 1.54) is 12.2 Å². The molecular weight excluding hydrogens is 92.1 g/mol. The molecule has 1 atom stereocenters. The summed E-state index contributed by atoms with van der Waals surface area (Å²) in [5, 5.41) is 0.921. The van der Waals surface area contributed by atoms with E-state index in [-0.39, 0.29) is 0 Å². The van der Waals surface area contributed by atoms with Crippen molar-refractivity contribution < 1.29 is 0 Å². The highest BCUT2D eigenvalue weighted by molar-refractivity contribution is 8.01. The van der Waals surface area contributed by atoms with Crippen LogP contribution in [0.3, 0.4) is 0 Å². The first-order chi connectivity index (χ1) is 2.93. The maximum Gasteiger partial charge on any atom is 0.00549 e. The predicted molar refractivity (Wildman–Crippen MR) is 30.8 cm³/mol. The molecule has 0 aromatic carbocycles. The molecule has 0 amide bonds. The lowest BCUT2D eigenvalue weighted by Gasteiger charge is -2.22. The molecule has 0 nitrogen and oxygen atoms in total. The summed E-state index contributed by atoms with van der Waals surface area (Å²) in [5.41, 5.74) is 0. The number of thioether (sulfide) groups is 1. The molecule has 1 unspecified atom stereocenters. The van der Waals surface area contributed by atoms with Crippen LogP contribution in [0.25, 0.3) is 0 Å². The van der Waals surface area contributed by atoms with Gasteiger partial charge < -0.3 is 0 Å². The summed E-state index contributed by atoms with van der Waals surface area (Å²) < 4.78 is 0. The second-order valence-electron chi connectivity index (χ2n) is 1.57. The number of rotatable bonds is 1. The quantitative estimate of drug-likeness (QED) is 0.484. The summed E-state index contributed by atoms with van der Waals surface area (Å²) in [5.74, 6) is 1.38. The molecule has 1 rings (SSSR count). The van der Waals surface area contributed by atoms with Crippen molar-refractivity contribution in [3.05, 3.63) is 6.92 Å². The Kier molecular flexibility index (Phi) is 1.41. The van der Waals surface area contributed by atoms with Crippen LogP contribution in [0.5, 0.6) is 0 Å². The van der Waals surface area contributed by atoms with Crippen molar-refractivity contribution in [2.24, 2.45) is 0 Å². The van der Waals surface area contributed by atoms with Gasteiger partial charge >= 0.3 is 0 Å². The van der Waals surface area contributed by atoms with Gasteiger partial charge in [-0.3, -0.25) is 0 Å². The normalized spacial score (nSPS) is 32.5. The maximum absolute atomic E-state index is 3.79. The van der Waals surface area contributed by atoms with Crippen LogP contribution in [0.15, 0.2) is 0 Å². The first-order valence-electron chi connectivity index (χ1n) is 2.34. The van der Waals surface area contributed by atoms with Crippen LogP contribution >= 0.6 is 11.8 Å². The molecule has 0 bridgehead atoms. The fraction of sp³-hybridized carbons (Fsp3) is 0.800. The molecule has 0 aliphatic carbocycles. The molecule has 1 radical (unpaired) electrons. The zero-order valence-electron chi connectivity index (χ0n) is 3.81. The van der Waals surface area contributed by atoms with Gasteiger partial charge in [0.2, 0.25) is 0 Å². The van der Waals surface area contributed by atoms with Crippen LogP contribution in [0, 0.1) is 6.92 Å². The topological polar surface area (TPSA) is 0 Å². The first-order valence-corrected chi connectivity index (χ1v) is 3.39. The third-order valence-electron chi connectivity index (χ3n) is 1.12. The van der Waals surface area contributed by atoms with Gasteiger partial charge in [-0.2, -0.15) is 11.8 Å². The van der Waals surface area contributed by atoms with Crippen molar-refractivity contribution in [2.45, 2.75) is 18.1 Å². The summed E-state index contributed by atoms with van der Waals surface area (Å²) in [4.78, 5) is 0. The molecule has 0 aromatic heterocycles. The second-order valence-corrected chi connectivity index (χ2v) is 2.98. The summed E-state index contributed by atoms with van der Waals surface area (Å²) in [6, 6.07) is 0. The van der Waals surface area contributed by atoms with E-state index in [4.69, 9.17) is 0 Å². The third-order valence-corrected chi connectivity index (χ3v) is 2.53. The molecule has 1 aliphatic rings. The van der Waals surface area contributed by atoms with Crippen LogP contribution in [0.4, 0.5) is 0 Å². The monoisotopic (exact) mass is 101 g/mol. The van der Waals surface area contributed by atoms with Gasteiger partial charge in [0.15, 0.2) is 0 Å². The molecule has 1 saturated heterocycles. The summed E-state index contributed by atoms with van der Waals surface area (Å²) in [6.07, 6.45) is 2.54. The van der Waals surface area contributed by atoms with Crippen molar-refractivity contribution in [2.75, 3.05) is 5.75 Å². The van der Waals surface area contributed by atoms with Crippen LogP contribution in [-0.2, 0) is 0 Å². The summed E-state index contributed by atoms with van der Waals surface area (Å²) in [6.45, 7) is 3.79. The minimum absolute atomic E-state index is 0.921. The molecular formula is C5H9S. The van der Waals surface area contributed by atoms with E-state index in [9.17, 15) is 0 Å². The molecule has 35 valence electrons. The van der Waals surface area contributed by atoms with E-state index in [0.29, 0.717) is 0 Å². The smallest absolute Gasteiger partial charge is 0.00549 e. The molecule has 1 aliphatic heterocycles. The SMILES string of the molecule is [CH2]CC1CCS1. The number of hydrogen-bond donors (Lipinski definition) is 0. The minimum atomic E-state index is 0.921. The van der Waals surface area contributed by atoms with Crippen LogP contribution in [0.1, 0.15) is 12.8 Å². The highest BCUT2D eigenvalue weighted by Crippen LogP contribution is 2.29. The fourth-order valence-corrected chi connectivity index (χ4v) is 1.25. The third kappa shape index (κ3) is 0.700. The first kappa shape index (κ1) is 4.51. The number of hydrogen-bond acceptors (Lipinski definition) is 1. The molecule has 0 saturated carbocycles. The van der Waals surface area contributed by atoms with Gasteiger partial charge in [0.25, 0.3) is 0 Å². The average molecular weight is 101 g/mol. The standard InChI is InChI=1S/C5H9S/c1-2-5-3-4-6-5/h5H,1-4H2. The van der Waals surface area contributed by atoms with E-state index in [0.717, 1.165) is 11.7 Å². The van der Waals surface area contributed by atoms with Gasteiger partial charge in [0, 0.05) is 5.25 Å². The molecule has 0 aromatic rings. The molecule has 0 spiro atoms. The summed E-state index contributed by atoms with van der Waals surface area (Å²) in [7, 11) is 0. The zero-order valence-corrected chi connectivity index (χ0v) is 4.63. The van der Waals surface area contributed by atoms with Crippen molar-refractivity contribution in [1.82, 2.24) is 0 Å². The minimum Gasteiger partial charge on any atom is -0.159 e. The molecule has 6 heavy (non-hydrogen) atoms. The highest BCUT2D eigenvalue weighted by atomic mass is 32.2. The van der Waals surface area contributed by atoms with Gasteiger partial charge in [0.05, 0.1) is 0 Å².